The second kappa shape index (κ2) is 3.94. The molecule has 0 spiro atoms. The monoisotopic (exact) mass is 232 g/mol. The van der Waals surface area contributed by atoms with E-state index in [1.807, 2.05) is 0 Å². The number of hydrogen-bond acceptors (Lipinski definition) is 0. The highest BCUT2D eigenvalue weighted by Crippen LogP contribution is 2.15. The summed E-state index contributed by atoms with van der Waals surface area (Å²) >= 11 is 2.09. The Balaban J connectivity index is 2.46. The molecular weight excluding hydrogens is 223 g/mol. The van der Waals surface area contributed by atoms with Gasteiger partial charge in [-0.15, -0.1) is 0 Å². The molecular formula is C8H9I. The molecule has 0 saturated carbocycles. The van der Waals surface area contributed by atoms with E-state index < -0.39 is 0 Å². The summed E-state index contributed by atoms with van der Waals surface area (Å²) in [4.78, 5) is 0. The van der Waals surface area contributed by atoms with Crippen molar-refractivity contribution in [3.8, 4) is 9.85 Å². The van der Waals surface area contributed by atoms with E-state index in [1.54, 1.807) is 0 Å². The molecule has 0 fully saturated rings. The normalized spacial score (nSPS) is 24.8. The Morgan fingerprint density at radius 3 is 3.00 bits per heavy atom. The topological polar surface area (TPSA) is 0 Å². The van der Waals surface area contributed by atoms with Crippen LogP contribution in [0.15, 0.2) is 12.2 Å². The van der Waals surface area contributed by atoms with E-state index >= 15 is 0 Å². The van der Waals surface area contributed by atoms with Gasteiger partial charge in [-0.2, -0.15) is 0 Å². The van der Waals surface area contributed by atoms with Crippen LogP contribution in [-0.2, 0) is 0 Å². The Morgan fingerprint density at radius 1 is 1.56 bits per heavy atom. The minimum atomic E-state index is 0.552. The van der Waals surface area contributed by atoms with Crippen molar-refractivity contribution >= 4 is 22.6 Å². The number of halogens is 1. The van der Waals surface area contributed by atoms with Gasteiger partial charge in [0, 0.05) is 28.5 Å². The van der Waals surface area contributed by atoms with Gasteiger partial charge in [0.05, 0.1) is 0 Å². The summed E-state index contributed by atoms with van der Waals surface area (Å²) in [5, 5.41) is 0. The Hall–Kier alpha value is 0.0300. The van der Waals surface area contributed by atoms with Gasteiger partial charge < -0.3 is 0 Å². The third kappa shape index (κ3) is 2.40. The molecule has 1 unspecified atom stereocenters. The fourth-order valence-electron chi connectivity index (χ4n) is 1.00. The Kier molecular flexibility index (Phi) is 3.13. The van der Waals surface area contributed by atoms with Crippen LogP contribution >= 0.6 is 22.6 Å². The summed E-state index contributed by atoms with van der Waals surface area (Å²) in [6.45, 7) is 0. The summed E-state index contributed by atoms with van der Waals surface area (Å²) < 4.78 is 2.91. The van der Waals surface area contributed by atoms with Gasteiger partial charge in [0.1, 0.15) is 0 Å². The van der Waals surface area contributed by atoms with Crippen molar-refractivity contribution in [3.63, 3.8) is 0 Å². The van der Waals surface area contributed by atoms with Crippen LogP contribution in [0.1, 0.15) is 19.3 Å². The van der Waals surface area contributed by atoms with E-state index in [2.05, 4.69) is 44.6 Å². The third-order valence-electron chi connectivity index (χ3n) is 1.49. The Morgan fingerprint density at radius 2 is 2.44 bits per heavy atom. The van der Waals surface area contributed by atoms with Crippen LogP contribution in [0.25, 0.3) is 0 Å². The highest BCUT2D eigenvalue weighted by atomic mass is 127. The Labute approximate surface area is 69.9 Å². The highest BCUT2D eigenvalue weighted by Gasteiger charge is 2.02. The van der Waals surface area contributed by atoms with Crippen LogP contribution in [-0.4, -0.2) is 0 Å². The molecule has 1 atom stereocenters. The molecule has 0 aliphatic heterocycles. The lowest BCUT2D eigenvalue weighted by Crippen LogP contribution is -1.95. The molecule has 0 heterocycles. The van der Waals surface area contributed by atoms with Crippen molar-refractivity contribution in [2.45, 2.75) is 19.3 Å². The molecule has 0 nitrogen and oxygen atoms in total. The van der Waals surface area contributed by atoms with Gasteiger partial charge in [-0.3, -0.25) is 0 Å². The van der Waals surface area contributed by atoms with Gasteiger partial charge in [0.2, 0.25) is 0 Å². The van der Waals surface area contributed by atoms with Crippen molar-refractivity contribution in [2.75, 3.05) is 0 Å². The van der Waals surface area contributed by atoms with Crippen molar-refractivity contribution in [2.24, 2.45) is 5.92 Å². The molecule has 0 amide bonds. The largest absolute Gasteiger partial charge is 0.0873 e. The van der Waals surface area contributed by atoms with Gasteiger partial charge >= 0.3 is 0 Å². The molecule has 0 bridgehead atoms. The van der Waals surface area contributed by atoms with Crippen molar-refractivity contribution in [3.05, 3.63) is 12.2 Å². The molecule has 9 heavy (non-hydrogen) atoms. The molecule has 48 valence electrons. The summed E-state index contributed by atoms with van der Waals surface area (Å²) in [6.07, 6.45) is 8.27. The SMILES string of the molecule is IC#CC1C=CCCC1. The lowest BCUT2D eigenvalue weighted by molar-refractivity contribution is 0.646. The summed E-state index contributed by atoms with van der Waals surface area (Å²) in [5.41, 5.74) is 0. The number of rotatable bonds is 0. The predicted molar refractivity (Wildman–Crippen MR) is 48.3 cm³/mol. The smallest absolute Gasteiger partial charge is 0.0390 e. The second-order valence-corrected chi connectivity index (χ2v) is 2.74. The highest BCUT2D eigenvalue weighted by molar-refractivity contribution is 14.1. The van der Waals surface area contributed by atoms with Gasteiger partial charge in [-0.05, 0) is 23.2 Å². The molecule has 0 aromatic carbocycles. The molecule has 0 saturated heterocycles. The lowest BCUT2D eigenvalue weighted by Gasteiger charge is -2.07. The quantitative estimate of drug-likeness (QED) is 0.342. The molecule has 0 radical (unpaired) electrons. The van der Waals surface area contributed by atoms with Crippen LogP contribution in [0.2, 0.25) is 0 Å². The van der Waals surface area contributed by atoms with Crippen LogP contribution in [0.5, 0.6) is 0 Å². The van der Waals surface area contributed by atoms with Crippen LogP contribution in [0.3, 0.4) is 0 Å². The molecule has 0 aromatic rings. The summed E-state index contributed by atoms with van der Waals surface area (Å²) in [5.74, 6) is 3.69. The van der Waals surface area contributed by atoms with E-state index in [9.17, 15) is 0 Å². The minimum Gasteiger partial charge on any atom is -0.0873 e. The Bertz CT molecular complexity index is 159. The first-order valence-electron chi connectivity index (χ1n) is 3.21. The zero-order valence-electron chi connectivity index (χ0n) is 5.23. The minimum absolute atomic E-state index is 0.552. The second-order valence-electron chi connectivity index (χ2n) is 2.20. The first-order chi connectivity index (χ1) is 4.43. The van der Waals surface area contributed by atoms with Crippen LogP contribution < -0.4 is 0 Å². The maximum Gasteiger partial charge on any atom is 0.0390 e. The average molecular weight is 232 g/mol. The van der Waals surface area contributed by atoms with Crippen molar-refractivity contribution < 1.29 is 0 Å². The molecule has 1 rings (SSSR count). The van der Waals surface area contributed by atoms with E-state index in [-0.39, 0.29) is 0 Å². The fraction of sp³-hybridized carbons (Fsp3) is 0.500. The van der Waals surface area contributed by atoms with E-state index in [1.165, 1.54) is 19.3 Å². The van der Waals surface area contributed by atoms with Crippen LogP contribution in [0, 0.1) is 15.8 Å². The maximum atomic E-state index is 3.13. The predicted octanol–water partition coefficient (Wildman–Crippen LogP) is 2.74. The van der Waals surface area contributed by atoms with Gasteiger partial charge in [-0.25, -0.2) is 0 Å². The first-order valence-corrected chi connectivity index (χ1v) is 4.29. The van der Waals surface area contributed by atoms with Gasteiger partial charge in [0.25, 0.3) is 0 Å². The van der Waals surface area contributed by atoms with Gasteiger partial charge in [-0.1, -0.05) is 18.1 Å². The number of allylic oxidation sites excluding steroid dienone is 2. The maximum absolute atomic E-state index is 3.13. The van der Waals surface area contributed by atoms with E-state index in [0.29, 0.717) is 5.92 Å². The van der Waals surface area contributed by atoms with Crippen molar-refractivity contribution in [1.82, 2.24) is 0 Å². The van der Waals surface area contributed by atoms with Crippen molar-refractivity contribution in [1.29, 1.82) is 0 Å². The molecule has 0 aromatic heterocycles. The van der Waals surface area contributed by atoms with Gasteiger partial charge in [0.15, 0.2) is 0 Å². The molecule has 1 aliphatic rings. The summed E-state index contributed by atoms with van der Waals surface area (Å²) in [6, 6.07) is 0. The van der Waals surface area contributed by atoms with E-state index in [0.717, 1.165) is 0 Å². The molecule has 0 N–H and O–H groups in total. The first kappa shape index (κ1) is 7.14. The zero-order chi connectivity index (χ0) is 6.53. The summed E-state index contributed by atoms with van der Waals surface area (Å²) in [7, 11) is 0. The zero-order valence-corrected chi connectivity index (χ0v) is 7.39. The van der Waals surface area contributed by atoms with Crippen LogP contribution in [0.4, 0.5) is 0 Å². The molecule has 1 aliphatic carbocycles. The average Bonchev–Trinajstić information content (AvgIpc) is 1.91. The standard InChI is InChI=1S/C8H9I/c9-7-6-8-4-2-1-3-5-8/h2,4,8H,1,3,5H2. The lowest BCUT2D eigenvalue weighted by atomic mass is 9.97. The molecule has 1 heteroatoms. The third-order valence-corrected chi connectivity index (χ3v) is 1.81. The number of hydrogen-bond donors (Lipinski definition) is 0. The van der Waals surface area contributed by atoms with E-state index in [4.69, 9.17) is 0 Å². The fourth-order valence-corrected chi connectivity index (χ4v) is 1.40.